The molecule has 4 nitrogen and oxygen atoms in total. The van der Waals surface area contributed by atoms with Crippen LogP contribution in [0.15, 0.2) is 24.3 Å². The zero-order valence-electron chi connectivity index (χ0n) is 11.0. The summed E-state index contributed by atoms with van der Waals surface area (Å²) in [6.45, 7) is 2.17. The second-order valence-electron chi connectivity index (χ2n) is 5.52. The minimum absolute atomic E-state index is 0.333. The molecule has 2 fully saturated rings. The Kier molecular flexibility index (Phi) is 4.05. The van der Waals surface area contributed by atoms with E-state index in [0.717, 1.165) is 37.4 Å². The molecule has 5 heteroatoms. The third kappa shape index (κ3) is 3.09. The number of rotatable bonds is 2. The number of hydrogen-bond donors (Lipinski definition) is 3. The zero-order valence-corrected chi connectivity index (χ0v) is 11.7. The molecule has 0 saturated carbocycles. The maximum absolute atomic E-state index is 6.05. The molecule has 1 aromatic carbocycles. The molecule has 104 valence electrons. The van der Waals surface area contributed by atoms with Crippen molar-refractivity contribution in [2.24, 2.45) is 5.73 Å². The number of hydrogen-bond acceptors (Lipinski definition) is 4. The smallest absolute Gasteiger partial charge is 0.0748 e. The molecule has 1 aromatic rings. The van der Waals surface area contributed by atoms with Gasteiger partial charge in [-0.2, -0.15) is 0 Å². The molecule has 2 saturated heterocycles. The minimum atomic E-state index is 0.333. The lowest BCUT2D eigenvalue weighted by atomic mass is 10.0. The van der Waals surface area contributed by atoms with Crippen molar-refractivity contribution in [3.8, 4) is 0 Å². The Labute approximate surface area is 119 Å². The molecule has 2 unspecified atom stereocenters. The summed E-state index contributed by atoms with van der Waals surface area (Å²) in [5.74, 6) is 0. The Balaban J connectivity index is 1.61. The summed E-state index contributed by atoms with van der Waals surface area (Å²) in [6.07, 6.45) is 3.66. The van der Waals surface area contributed by atoms with Crippen LogP contribution in [-0.4, -0.2) is 30.2 Å². The molecule has 19 heavy (non-hydrogen) atoms. The van der Waals surface area contributed by atoms with Gasteiger partial charge in [-0.3, -0.25) is 4.90 Å². The first-order chi connectivity index (χ1) is 9.22. The number of halogens is 1. The summed E-state index contributed by atoms with van der Waals surface area (Å²) in [6, 6.07) is 8.80. The zero-order chi connectivity index (χ0) is 13.2. The molecule has 2 aliphatic rings. The highest BCUT2D eigenvalue weighted by Gasteiger charge is 2.31. The molecule has 4 N–H and O–H groups in total. The molecular formula is C14H21ClN4. The number of benzene rings is 1. The van der Waals surface area contributed by atoms with E-state index in [1.165, 1.54) is 5.56 Å². The second kappa shape index (κ2) is 5.77. The molecule has 0 bridgehead atoms. The molecule has 2 heterocycles. The van der Waals surface area contributed by atoms with E-state index in [4.69, 9.17) is 17.3 Å². The van der Waals surface area contributed by atoms with Crippen LogP contribution in [0.4, 0.5) is 0 Å². The topological polar surface area (TPSA) is 53.3 Å². The van der Waals surface area contributed by atoms with Gasteiger partial charge in [-0.15, -0.1) is 0 Å². The van der Waals surface area contributed by atoms with Gasteiger partial charge in [0.25, 0.3) is 0 Å². The van der Waals surface area contributed by atoms with Gasteiger partial charge in [-0.05, 0) is 37.0 Å². The predicted molar refractivity (Wildman–Crippen MR) is 77.7 cm³/mol. The second-order valence-corrected chi connectivity index (χ2v) is 5.96. The van der Waals surface area contributed by atoms with Crippen molar-refractivity contribution >= 4 is 11.6 Å². The predicted octanol–water partition coefficient (Wildman–Crippen LogP) is 1.63. The summed E-state index contributed by atoms with van der Waals surface area (Å²) in [5, 5.41) is 0.798. The number of piperidine rings is 1. The van der Waals surface area contributed by atoms with Crippen LogP contribution < -0.4 is 16.6 Å². The molecule has 0 aromatic heterocycles. The Bertz CT molecular complexity index is 431. The lowest BCUT2D eigenvalue weighted by molar-refractivity contribution is 0.137. The van der Waals surface area contributed by atoms with Crippen molar-refractivity contribution < 1.29 is 0 Å². The van der Waals surface area contributed by atoms with Gasteiger partial charge in [0.05, 0.1) is 6.17 Å². The molecule has 0 aliphatic carbocycles. The van der Waals surface area contributed by atoms with E-state index in [-0.39, 0.29) is 0 Å². The summed E-state index contributed by atoms with van der Waals surface area (Å²) >= 11 is 6.05. The lowest BCUT2D eigenvalue weighted by Crippen LogP contribution is -2.50. The average Bonchev–Trinajstić information content (AvgIpc) is 2.89. The van der Waals surface area contributed by atoms with E-state index in [2.05, 4.69) is 21.8 Å². The molecule has 2 aliphatic heterocycles. The SMILES string of the molecule is NC1CCN(C2CC(c3cccc(Cl)c3)NN2)CC1. The standard InChI is InChI=1S/C14H21ClN4/c15-11-3-1-2-10(8-11)13-9-14(18-17-13)19-6-4-12(16)5-7-19/h1-3,8,12-14,17-18H,4-7,9,16H2. The van der Waals surface area contributed by atoms with Crippen molar-refractivity contribution in [1.29, 1.82) is 0 Å². The Hall–Kier alpha value is -0.650. The van der Waals surface area contributed by atoms with Crippen LogP contribution in [0.1, 0.15) is 30.9 Å². The number of nitrogens with zero attached hydrogens (tertiary/aromatic N) is 1. The van der Waals surface area contributed by atoms with E-state index in [1.807, 2.05) is 18.2 Å². The van der Waals surface area contributed by atoms with E-state index in [9.17, 15) is 0 Å². The molecule has 0 radical (unpaired) electrons. The fourth-order valence-corrected chi connectivity index (χ4v) is 3.15. The summed E-state index contributed by atoms with van der Waals surface area (Å²) in [4.78, 5) is 2.49. The van der Waals surface area contributed by atoms with Gasteiger partial charge >= 0.3 is 0 Å². The van der Waals surface area contributed by atoms with Crippen LogP contribution in [0.5, 0.6) is 0 Å². The summed E-state index contributed by atoms with van der Waals surface area (Å²) in [7, 11) is 0. The van der Waals surface area contributed by atoms with Crippen LogP contribution >= 0.6 is 11.6 Å². The lowest BCUT2D eigenvalue weighted by Gasteiger charge is -2.34. The van der Waals surface area contributed by atoms with Gasteiger partial charge < -0.3 is 5.73 Å². The van der Waals surface area contributed by atoms with Gasteiger partial charge in [0.1, 0.15) is 0 Å². The third-order valence-electron chi connectivity index (χ3n) is 4.15. The van der Waals surface area contributed by atoms with Crippen molar-refractivity contribution in [2.75, 3.05) is 13.1 Å². The van der Waals surface area contributed by atoms with Gasteiger partial charge in [-0.1, -0.05) is 23.7 Å². The van der Waals surface area contributed by atoms with Gasteiger partial charge in [0.15, 0.2) is 0 Å². The highest BCUT2D eigenvalue weighted by Crippen LogP contribution is 2.26. The largest absolute Gasteiger partial charge is 0.328 e. The molecule has 3 rings (SSSR count). The van der Waals surface area contributed by atoms with Crippen molar-refractivity contribution in [3.63, 3.8) is 0 Å². The Morgan fingerprint density at radius 1 is 1.21 bits per heavy atom. The Morgan fingerprint density at radius 2 is 2.00 bits per heavy atom. The first-order valence-electron chi connectivity index (χ1n) is 6.98. The number of hydrazine groups is 1. The number of nitrogens with one attached hydrogen (secondary N) is 2. The minimum Gasteiger partial charge on any atom is -0.328 e. The summed E-state index contributed by atoms with van der Waals surface area (Å²) in [5.41, 5.74) is 14.0. The molecule has 0 spiro atoms. The maximum Gasteiger partial charge on any atom is 0.0748 e. The van der Waals surface area contributed by atoms with Crippen molar-refractivity contribution in [2.45, 2.75) is 37.5 Å². The Morgan fingerprint density at radius 3 is 2.74 bits per heavy atom. The molecule has 0 amide bonds. The van der Waals surface area contributed by atoms with Crippen molar-refractivity contribution in [1.82, 2.24) is 15.8 Å². The van der Waals surface area contributed by atoms with Gasteiger partial charge in [-0.25, -0.2) is 10.9 Å². The normalized spacial score (nSPS) is 29.8. The maximum atomic E-state index is 6.05. The fourth-order valence-electron chi connectivity index (χ4n) is 2.95. The fraction of sp³-hybridized carbons (Fsp3) is 0.571. The van der Waals surface area contributed by atoms with E-state index in [1.54, 1.807) is 0 Å². The summed E-state index contributed by atoms with van der Waals surface area (Å²) < 4.78 is 0. The first kappa shape index (κ1) is 13.3. The third-order valence-corrected chi connectivity index (χ3v) is 4.38. The van der Waals surface area contributed by atoms with Gasteiger partial charge in [0, 0.05) is 30.2 Å². The number of likely N-dealkylation sites (tertiary alicyclic amines) is 1. The van der Waals surface area contributed by atoms with Crippen LogP contribution in [0.3, 0.4) is 0 Å². The quantitative estimate of drug-likeness (QED) is 0.771. The average molecular weight is 281 g/mol. The van der Waals surface area contributed by atoms with Crippen LogP contribution in [-0.2, 0) is 0 Å². The van der Waals surface area contributed by atoms with Crippen LogP contribution in [0.2, 0.25) is 5.02 Å². The first-order valence-corrected chi connectivity index (χ1v) is 7.36. The van der Waals surface area contributed by atoms with E-state index in [0.29, 0.717) is 18.2 Å². The molecular weight excluding hydrogens is 260 g/mol. The highest BCUT2D eigenvalue weighted by molar-refractivity contribution is 6.30. The van der Waals surface area contributed by atoms with Crippen molar-refractivity contribution in [3.05, 3.63) is 34.9 Å². The van der Waals surface area contributed by atoms with E-state index >= 15 is 0 Å². The molecule has 2 atom stereocenters. The van der Waals surface area contributed by atoms with E-state index < -0.39 is 0 Å². The van der Waals surface area contributed by atoms with Gasteiger partial charge in [0.2, 0.25) is 0 Å². The monoisotopic (exact) mass is 280 g/mol. The van der Waals surface area contributed by atoms with Crippen LogP contribution in [0, 0.1) is 0 Å². The highest BCUT2D eigenvalue weighted by atomic mass is 35.5. The number of nitrogens with two attached hydrogens (primary N) is 1. The van der Waals surface area contributed by atoms with Crippen LogP contribution in [0.25, 0.3) is 0 Å².